The SMILES string of the molecule is CCCNCCSc1nc(C)co1. The van der Waals surface area contributed by atoms with Crippen LogP contribution in [0.25, 0.3) is 0 Å². The Morgan fingerprint density at radius 2 is 2.38 bits per heavy atom. The first-order chi connectivity index (χ1) is 6.33. The number of oxazole rings is 1. The summed E-state index contributed by atoms with van der Waals surface area (Å²) in [5, 5.41) is 4.10. The summed E-state index contributed by atoms with van der Waals surface area (Å²) in [6, 6.07) is 0. The molecule has 0 fully saturated rings. The summed E-state index contributed by atoms with van der Waals surface area (Å²) < 4.78 is 5.19. The molecule has 1 aromatic heterocycles. The van der Waals surface area contributed by atoms with Crippen molar-refractivity contribution in [2.75, 3.05) is 18.8 Å². The Hall–Kier alpha value is -0.480. The zero-order chi connectivity index (χ0) is 9.52. The minimum absolute atomic E-state index is 0.774. The lowest BCUT2D eigenvalue weighted by molar-refractivity contribution is 0.454. The summed E-state index contributed by atoms with van der Waals surface area (Å²) in [6.45, 7) is 6.20. The van der Waals surface area contributed by atoms with Crippen LogP contribution < -0.4 is 5.32 Å². The van der Waals surface area contributed by atoms with Crippen LogP contribution in [-0.2, 0) is 0 Å². The number of nitrogens with zero attached hydrogens (tertiary/aromatic N) is 1. The van der Waals surface area contributed by atoms with Crippen LogP contribution in [-0.4, -0.2) is 23.8 Å². The number of rotatable bonds is 6. The predicted molar refractivity (Wildman–Crippen MR) is 55.1 cm³/mol. The molecule has 1 aromatic rings. The van der Waals surface area contributed by atoms with Gasteiger partial charge >= 0.3 is 0 Å². The maximum absolute atomic E-state index is 5.19. The van der Waals surface area contributed by atoms with Crippen LogP contribution in [0.1, 0.15) is 19.0 Å². The highest BCUT2D eigenvalue weighted by Gasteiger charge is 1.99. The lowest BCUT2D eigenvalue weighted by Crippen LogP contribution is -2.17. The van der Waals surface area contributed by atoms with Crippen LogP contribution >= 0.6 is 11.8 Å². The fraction of sp³-hybridized carbons (Fsp3) is 0.667. The van der Waals surface area contributed by atoms with Gasteiger partial charge in [0.05, 0.1) is 5.69 Å². The lowest BCUT2D eigenvalue weighted by Gasteiger charge is -1.99. The average Bonchev–Trinajstić information content (AvgIpc) is 2.51. The molecule has 74 valence electrons. The molecule has 0 aromatic carbocycles. The van der Waals surface area contributed by atoms with Crippen molar-refractivity contribution in [1.82, 2.24) is 10.3 Å². The van der Waals surface area contributed by atoms with Crippen LogP contribution in [0.2, 0.25) is 0 Å². The first-order valence-corrected chi connectivity index (χ1v) is 5.57. The monoisotopic (exact) mass is 200 g/mol. The van der Waals surface area contributed by atoms with Gasteiger partial charge in [0.2, 0.25) is 0 Å². The molecule has 0 atom stereocenters. The smallest absolute Gasteiger partial charge is 0.255 e. The minimum Gasteiger partial charge on any atom is -0.440 e. The van der Waals surface area contributed by atoms with Crippen molar-refractivity contribution in [3.8, 4) is 0 Å². The molecule has 0 saturated heterocycles. The summed E-state index contributed by atoms with van der Waals surface area (Å²) in [4.78, 5) is 4.20. The molecule has 0 spiro atoms. The van der Waals surface area contributed by atoms with Crippen LogP contribution in [0, 0.1) is 6.92 Å². The van der Waals surface area contributed by atoms with Crippen molar-refractivity contribution in [1.29, 1.82) is 0 Å². The first-order valence-electron chi connectivity index (χ1n) is 4.58. The highest BCUT2D eigenvalue weighted by Crippen LogP contribution is 2.15. The molecule has 0 bridgehead atoms. The van der Waals surface area contributed by atoms with Gasteiger partial charge in [-0.3, -0.25) is 0 Å². The van der Waals surface area contributed by atoms with E-state index in [-0.39, 0.29) is 0 Å². The number of nitrogens with one attached hydrogen (secondary N) is 1. The van der Waals surface area contributed by atoms with Gasteiger partial charge in [0.25, 0.3) is 5.22 Å². The van der Waals surface area contributed by atoms with Gasteiger partial charge in [-0.2, -0.15) is 0 Å². The van der Waals surface area contributed by atoms with Crippen LogP contribution in [0.4, 0.5) is 0 Å². The van der Waals surface area contributed by atoms with Crippen molar-refractivity contribution < 1.29 is 4.42 Å². The van der Waals surface area contributed by atoms with Crippen LogP contribution in [0.15, 0.2) is 15.9 Å². The van der Waals surface area contributed by atoms with Gasteiger partial charge in [-0.1, -0.05) is 18.7 Å². The number of hydrogen-bond acceptors (Lipinski definition) is 4. The normalized spacial score (nSPS) is 10.6. The zero-order valence-electron chi connectivity index (χ0n) is 8.17. The molecule has 0 radical (unpaired) electrons. The van der Waals surface area contributed by atoms with Crippen LogP contribution in [0.3, 0.4) is 0 Å². The quantitative estimate of drug-likeness (QED) is 0.563. The predicted octanol–water partition coefficient (Wildman–Crippen LogP) is 2.07. The molecule has 4 heteroatoms. The van der Waals surface area contributed by atoms with E-state index in [4.69, 9.17) is 4.42 Å². The van der Waals surface area contributed by atoms with Crippen LogP contribution in [0.5, 0.6) is 0 Å². The molecule has 13 heavy (non-hydrogen) atoms. The van der Waals surface area contributed by atoms with Crippen molar-refractivity contribution in [2.24, 2.45) is 0 Å². The fourth-order valence-corrected chi connectivity index (χ4v) is 1.66. The molecule has 0 aliphatic rings. The standard InChI is InChI=1S/C9H16N2OS/c1-3-4-10-5-6-13-9-11-8(2)7-12-9/h7,10H,3-6H2,1-2H3. The first kappa shape index (κ1) is 10.6. The number of hydrogen-bond donors (Lipinski definition) is 1. The Labute approximate surface area is 83.3 Å². The van der Waals surface area contributed by atoms with Crippen molar-refractivity contribution >= 4 is 11.8 Å². The molecule has 0 amide bonds. The van der Waals surface area contributed by atoms with Gasteiger partial charge in [0, 0.05) is 12.3 Å². The molecule has 3 nitrogen and oxygen atoms in total. The minimum atomic E-state index is 0.774. The van der Waals surface area contributed by atoms with Gasteiger partial charge in [0.1, 0.15) is 6.26 Å². The van der Waals surface area contributed by atoms with Crippen molar-refractivity contribution in [3.63, 3.8) is 0 Å². The number of aryl methyl sites for hydroxylation is 1. The Kier molecular flexibility index (Phi) is 4.93. The summed E-state index contributed by atoms with van der Waals surface area (Å²) in [5.41, 5.74) is 0.948. The van der Waals surface area contributed by atoms with E-state index in [1.807, 2.05) is 6.92 Å². The van der Waals surface area contributed by atoms with E-state index in [0.29, 0.717) is 0 Å². The second kappa shape index (κ2) is 6.05. The summed E-state index contributed by atoms with van der Waals surface area (Å²) in [7, 11) is 0. The Morgan fingerprint density at radius 3 is 3.00 bits per heavy atom. The average molecular weight is 200 g/mol. The summed E-state index contributed by atoms with van der Waals surface area (Å²) in [6.07, 6.45) is 2.87. The maximum atomic E-state index is 5.19. The Balaban J connectivity index is 2.06. The molecule has 1 heterocycles. The fourth-order valence-electron chi connectivity index (χ4n) is 0.911. The maximum Gasteiger partial charge on any atom is 0.255 e. The van der Waals surface area contributed by atoms with Gasteiger partial charge in [-0.25, -0.2) is 4.98 Å². The summed E-state index contributed by atoms with van der Waals surface area (Å²) >= 11 is 1.65. The van der Waals surface area contributed by atoms with Crippen molar-refractivity contribution in [2.45, 2.75) is 25.5 Å². The van der Waals surface area contributed by atoms with E-state index in [0.717, 1.165) is 29.8 Å². The second-order valence-electron chi connectivity index (χ2n) is 2.85. The van der Waals surface area contributed by atoms with Gasteiger partial charge in [-0.05, 0) is 19.9 Å². The van der Waals surface area contributed by atoms with E-state index in [2.05, 4.69) is 17.2 Å². The van der Waals surface area contributed by atoms with E-state index >= 15 is 0 Å². The van der Waals surface area contributed by atoms with E-state index in [9.17, 15) is 0 Å². The second-order valence-corrected chi connectivity index (χ2v) is 3.90. The third kappa shape index (κ3) is 4.33. The van der Waals surface area contributed by atoms with E-state index < -0.39 is 0 Å². The molecule has 0 aliphatic heterocycles. The highest BCUT2D eigenvalue weighted by molar-refractivity contribution is 7.99. The number of aromatic nitrogens is 1. The Morgan fingerprint density at radius 1 is 1.54 bits per heavy atom. The molecule has 0 aliphatic carbocycles. The lowest BCUT2D eigenvalue weighted by atomic mass is 10.5. The van der Waals surface area contributed by atoms with Crippen molar-refractivity contribution in [3.05, 3.63) is 12.0 Å². The highest BCUT2D eigenvalue weighted by atomic mass is 32.2. The molecular formula is C9H16N2OS. The third-order valence-corrected chi connectivity index (χ3v) is 2.37. The van der Waals surface area contributed by atoms with Gasteiger partial charge < -0.3 is 9.73 Å². The van der Waals surface area contributed by atoms with Gasteiger partial charge in [0.15, 0.2) is 0 Å². The molecular weight excluding hydrogens is 184 g/mol. The molecule has 0 saturated carbocycles. The van der Waals surface area contributed by atoms with E-state index in [1.165, 1.54) is 6.42 Å². The topological polar surface area (TPSA) is 38.1 Å². The summed E-state index contributed by atoms with van der Waals surface area (Å²) in [5.74, 6) is 1.01. The largest absolute Gasteiger partial charge is 0.440 e. The van der Waals surface area contributed by atoms with Gasteiger partial charge in [-0.15, -0.1) is 0 Å². The third-order valence-electron chi connectivity index (χ3n) is 1.53. The molecule has 0 unspecified atom stereocenters. The zero-order valence-corrected chi connectivity index (χ0v) is 8.99. The molecule has 1 N–H and O–H groups in total. The number of thioether (sulfide) groups is 1. The Bertz CT molecular complexity index is 237. The molecule has 1 rings (SSSR count). The van der Waals surface area contributed by atoms with E-state index in [1.54, 1.807) is 18.0 Å².